The van der Waals surface area contributed by atoms with Crippen LogP contribution in [0.15, 0.2) is 16.8 Å². The summed E-state index contributed by atoms with van der Waals surface area (Å²) in [6.07, 6.45) is 0. The largest absolute Gasteiger partial charge is 0.305 e. The summed E-state index contributed by atoms with van der Waals surface area (Å²) in [5.41, 5.74) is 2.33. The van der Waals surface area contributed by atoms with Crippen LogP contribution in [0.25, 0.3) is 0 Å². The van der Waals surface area contributed by atoms with Crippen LogP contribution in [0.5, 0.6) is 0 Å². The van der Waals surface area contributed by atoms with Gasteiger partial charge in [0.15, 0.2) is 0 Å². The standard InChI is InChI=1S/C10H13N3S2/c1-3-11-10(9-6-15-13-12-9)8-4-5-14-7(8)2/h4-6,10-11H,3H2,1-2H3. The van der Waals surface area contributed by atoms with Crippen LogP contribution in [0.4, 0.5) is 0 Å². The molecule has 0 fully saturated rings. The van der Waals surface area contributed by atoms with Crippen LogP contribution in [0, 0.1) is 6.92 Å². The van der Waals surface area contributed by atoms with Gasteiger partial charge in [-0.3, -0.25) is 0 Å². The lowest BCUT2D eigenvalue weighted by Crippen LogP contribution is -2.22. The average molecular weight is 239 g/mol. The number of nitrogens with zero attached hydrogens (tertiary/aromatic N) is 2. The summed E-state index contributed by atoms with van der Waals surface area (Å²) in [5, 5.41) is 11.7. The lowest BCUT2D eigenvalue weighted by atomic mass is 10.1. The van der Waals surface area contributed by atoms with Crippen LogP contribution in [-0.2, 0) is 0 Å². The number of thiophene rings is 1. The molecule has 0 aliphatic heterocycles. The van der Waals surface area contributed by atoms with Crippen LogP contribution < -0.4 is 5.32 Å². The minimum absolute atomic E-state index is 0.194. The van der Waals surface area contributed by atoms with Crippen molar-refractivity contribution in [1.82, 2.24) is 14.9 Å². The van der Waals surface area contributed by atoms with Gasteiger partial charge in [-0.25, -0.2) is 0 Å². The summed E-state index contributed by atoms with van der Waals surface area (Å²) in [6, 6.07) is 2.35. The first kappa shape index (κ1) is 10.7. The minimum atomic E-state index is 0.194. The molecule has 2 rings (SSSR count). The highest BCUT2D eigenvalue weighted by atomic mass is 32.1. The average Bonchev–Trinajstić information content (AvgIpc) is 2.85. The van der Waals surface area contributed by atoms with E-state index in [9.17, 15) is 0 Å². The molecule has 2 aromatic heterocycles. The highest BCUT2D eigenvalue weighted by molar-refractivity contribution is 7.10. The Bertz CT molecular complexity index is 408. The van der Waals surface area contributed by atoms with Gasteiger partial charge in [-0.15, -0.1) is 16.4 Å². The SMILES string of the molecule is CCNC(c1csnn1)c1ccsc1C. The molecule has 1 atom stereocenters. The monoisotopic (exact) mass is 239 g/mol. The fourth-order valence-corrected chi connectivity index (χ4v) is 2.79. The summed E-state index contributed by atoms with van der Waals surface area (Å²) in [5.74, 6) is 0. The first-order valence-electron chi connectivity index (χ1n) is 4.87. The molecule has 0 saturated heterocycles. The fourth-order valence-electron chi connectivity index (χ4n) is 1.57. The van der Waals surface area contributed by atoms with Crippen molar-refractivity contribution >= 4 is 22.9 Å². The van der Waals surface area contributed by atoms with Crippen molar-refractivity contribution in [2.24, 2.45) is 0 Å². The minimum Gasteiger partial charge on any atom is -0.305 e. The second kappa shape index (κ2) is 4.83. The Labute approximate surface area is 97.3 Å². The van der Waals surface area contributed by atoms with Crippen molar-refractivity contribution in [3.05, 3.63) is 33.0 Å². The summed E-state index contributed by atoms with van der Waals surface area (Å²) < 4.78 is 3.92. The van der Waals surface area contributed by atoms with E-state index in [4.69, 9.17) is 0 Å². The van der Waals surface area contributed by atoms with Gasteiger partial charge in [0.2, 0.25) is 0 Å². The molecule has 1 unspecified atom stereocenters. The zero-order valence-corrected chi connectivity index (χ0v) is 10.4. The fraction of sp³-hybridized carbons (Fsp3) is 0.400. The highest BCUT2D eigenvalue weighted by Crippen LogP contribution is 2.27. The van der Waals surface area contributed by atoms with Crippen molar-refractivity contribution in [3.8, 4) is 0 Å². The van der Waals surface area contributed by atoms with Crippen molar-refractivity contribution in [2.45, 2.75) is 19.9 Å². The zero-order chi connectivity index (χ0) is 10.7. The Morgan fingerprint density at radius 3 is 2.93 bits per heavy atom. The summed E-state index contributed by atoms with van der Waals surface area (Å²) in [4.78, 5) is 1.34. The Morgan fingerprint density at radius 1 is 1.53 bits per heavy atom. The van der Waals surface area contributed by atoms with Gasteiger partial charge in [-0.05, 0) is 42.0 Å². The van der Waals surface area contributed by atoms with E-state index in [0.29, 0.717) is 0 Å². The Hall–Kier alpha value is -0.780. The van der Waals surface area contributed by atoms with Gasteiger partial charge in [0.1, 0.15) is 0 Å². The van der Waals surface area contributed by atoms with Gasteiger partial charge in [0.25, 0.3) is 0 Å². The predicted molar refractivity (Wildman–Crippen MR) is 64.5 cm³/mol. The Morgan fingerprint density at radius 2 is 2.40 bits per heavy atom. The molecule has 0 radical (unpaired) electrons. The maximum atomic E-state index is 4.14. The molecule has 0 saturated carbocycles. The summed E-state index contributed by atoms with van der Waals surface area (Å²) in [7, 11) is 0. The number of aryl methyl sites for hydroxylation is 1. The third kappa shape index (κ3) is 2.25. The molecule has 5 heteroatoms. The van der Waals surface area contributed by atoms with E-state index in [0.717, 1.165) is 12.2 Å². The molecule has 0 bridgehead atoms. The molecule has 0 aliphatic carbocycles. The van der Waals surface area contributed by atoms with Gasteiger partial charge in [-0.2, -0.15) is 0 Å². The smallest absolute Gasteiger partial charge is 0.0970 e. The maximum Gasteiger partial charge on any atom is 0.0970 e. The molecular weight excluding hydrogens is 226 g/mol. The van der Waals surface area contributed by atoms with Crippen molar-refractivity contribution < 1.29 is 0 Å². The Balaban J connectivity index is 2.32. The summed E-state index contributed by atoms with van der Waals surface area (Å²) >= 11 is 3.17. The van der Waals surface area contributed by atoms with Crippen LogP contribution >= 0.6 is 22.9 Å². The quantitative estimate of drug-likeness (QED) is 0.891. The van der Waals surface area contributed by atoms with Crippen molar-refractivity contribution in [2.75, 3.05) is 6.54 Å². The number of hydrogen-bond acceptors (Lipinski definition) is 5. The lowest BCUT2D eigenvalue weighted by molar-refractivity contribution is 0.613. The van der Waals surface area contributed by atoms with Gasteiger partial charge < -0.3 is 5.32 Å². The molecule has 2 aromatic rings. The van der Waals surface area contributed by atoms with E-state index in [1.807, 2.05) is 5.38 Å². The van der Waals surface area contributed by atoms with Crippen LogP contribution in [0.3, 0.4) is 0 Å². The van der Waals surface area contributed by atoms with Crippen LogP contribution in [-0.4, -0.2) is 16.1 Å². The van der Waals surface area contributed by atoms with Crippen LogP contribution in [0.1, 0.15) is 29.1 Å². The molecule has 0 aliphatic rings. The molecule has 2 heterocycles. The van der Waals surface area contributed by atoms with E-state index in [1.54, 1.807) is 11.3 Å². The van der Waals surface area contributed by atoms with Gasteiger partial charge in [0.05, 0.1) is 11.7 Å². The van der Waals surface area contributed by atoms with E-state index in [2.05, 4.69) is 40.2 Å². The normalized spacial score (nSPS) is 12.9. The van der Waals surface area contributed by atoms with Gasteiger partial charge >= 0.3 is 0 Å². The third-order valence-corrected chi connectivity index (χ3v) is 3.68. The molecule has 0 spiro atoms. The second-order valence-electron chi connectivity index (χ2n) is 3.25. The van der Waals surface area contributed by atoms with Crippen LogP contribution in [0.2, 0.25) is 0 Å². The second-order valence-corrected chi connectivity index (χ2v) is 4.98. The predicted octanol–water partition coefficient (Wildman–Crippen LogP) is 2.61. The first-order valence-corrected chi connectivity index (χ1v) is 6.59. The molecule has 0 aromatic carbocycles. The maximum absolute atomic E-state index is 4.14. The number of aromatic nitrogens is 2. The topological polar surface area (TPSA) is 37.8 Å². The molecule has 1 N–H and O–H groups in total. The summed E-state index contributed by atoms with van der Waals surface area (Å²) in [6.45, 7) is 5.18. The van der Waals surface area contributed by atoms with E-state index in [-0.39, 0.29) is 6.04 Å². The zero-order valence-electron chi connectivity index (χ0n) is 8.73. The van der Waals surface area contributed by atoms with Crippen molar-refractivity contribution in [1.29, 1.82) is 0 Å². The molecule has 80 valence electrons. The molecule has 15 heavy (non-hydrogen) atoms. The molecule has 0 amide bonds. The van der Waals surface area contributed by atoms with E-state index in [1.165, 1.54) is 22.0 Å². The number of rotatable bonds is 4. The van der Waals surface area contributed by atoms with Gasteiger partial charge in [0, 0.05) is 10.3 Å². The van der Waals surface area contributed by atoms with Gasteiger partial charge in [-0.1, -0.05) is 11.4 Å². The third-order valence-electron chi connectivity index (χ3n) is 2.29. The molecular formula is C10H13N3S2. The Kier molecular flexibility index (Phi) is 3.45. The number of nitrogens with one attached hydrogen (secondary N) is 1. The lowest BCUT2D eigenvalue weighted by Gasteiger charge is -2.14. The molecule has 3 nitrogen and oxygen atoms in total. The number of hydrogen-bond donors (Lipinski definition) is 1. The van der Waals surface area contributed by atoms with E-state index >= 15 is 0 Å². The van der Waals surface area contributed by atoms with Crippen molar-refractivity contribution in [3.63, 3.8) is 0 Å². The first-order chi connectivity index (χ1) is 7.33. The van der Waals surface area contributed by atoms with E-state index < -0.39 is 0 Å². The highest BCUT2D eigenvalue weighted by Gasteiger charge is 2.17.